The first-order valence-corrected chi connectivity index (χ1v) is 18.6. The normalized spacial score (nSPS) is 18.8. The average molecular weight is 747 g/mol. The number of fused-ring (bicyclic) bond motifs is 1. The van der Waals surface area contributed by atoms with Gasteiger partial charge in [0.25, 0.3) is 11.8 Å². The number of nitrogens with zero attached hydrogens (tertiary/aromatic N) is 4. The molecule has 2 unspecified atom stereocenters. The highest BCUT2D eigenvalue weighted by Crippen LogP contribution is 2.34. The van der Waals surface area contributed by atoms with E-state index >= 15 is 0 Å². The lowest BCUT2D eigenvalue weighted by molar-refractivity contribution is -0.142. The predicted octanol–water partition coefficient (Wildman–Crippen LogP) is 2.55. The van der Waals surface area contributed by atoms with E-state index in [1.807, 2.05) is 30.3 Å². The highest BCUT2D eigenvalue weighted by atomic mass is 16.4. The van der Waals surface area contributed by atoms with Crippen molar-refractivity contribution in [3.05, 3.63) is 59.9 Å². The van der Waals surface area contributed by atoms with Crippen molar-refractivity contribution in [2.24, 2.45) is 11.7 Å². The summed E-state index contributed by atoms with van der Waals surface area (Å²) in [6, 6.07) is 8.76. The van der Waals surface area contributed by atoms with Crippen LogP contribution in [0.25, 0.3) is 10.8 Å². The zero-order valence-corrected chi connectivity index (χ0v) is 30.7. The van der Waals surface area contributed by atoms with Crippen molar-refractivity contribution in [2.45, 2.75) is 108 Å². The van der Waals surface area contributed by atoms with E-state index in [9.17, 15) is 33.9 Å². The van der Waals surface area contributed by atoms with Crippen LogP contribution in [0.3, 0.4) is 0 Å². The van der Waals surface area contributed by atoms with E-state index in [0.717, 1.165) is 42.9 Å². The molecule has 4 atom stereocenters. The molecule has 1 saturated heterocycles. The lowest BCUT2D eigenvalue weighted by Crippen LogP contribution is -2.56. The molecule has 0 bridgehead atoms. The number of Topliss-reactive ketones (excluding diaryl/α,β-unsaturated/α-hetero) is 1. The highest BCUT2D eigenvalue weighted by molar-refractivity contribution is 6.37. The molecule has 5 rings (SSSR count). The van der Waals surface area contributed by atoms with Crippen molar-refractivity contribution in [3.63, 3.8) is 0 Å². The molecular formula is C38H50N8O8. The molecule has 2 aromatic carbocycles. The summed E-state index contributed by atoms with van der Waals surface area (Å²) < 4.78 is 1.49. The number of hydrogen-bond acceptors (Lipinski definition) is 9. The number of aliphatic hydroxyl groups is 1. The second-order valence-electron chi connectivity index (χ2n) is 14.8. The highest BCUT2D eigenvalue weighted by Gasteiger charge is 2.45. The minimum atomic E-state index is -1.36. The number of benzene rings is 2. The molecule has 54 heavy (non-hydrogen) atoms. The summed E-state index contributed by atoms with van der Waals surface area (Å²) in [5.41, 5.74) is 4.75. The van der Waals surface area contributed by atoms with Crippen molar-refractivity contribution in [1.29, 1.82) is 0 Å². The van der Waals surface area contributed by atoms with Crippen molar-refractivity contribution in [2.75, 3.05) is 13.1 Å². The lowest BCUT2D eigenvalue weighted by Gasteiger charge is -2.32. The first kappa shape index (κ1) is 39.8. The Morgan fingerprint density at radius 1 is 0.963 bits per heavy atom. The van der Waals surface area contributed by atoms with Gasteiger partial charge in [0.05, 0.1) is 24.0 Å². The van der Waals surface area contributed by atoms with Gasteiger partial charge in [0, 0.05) is 25.1 Å². The molecule has 290 valence electrons. The zero-order chi connectivity index (χ0) is 39.0. The standard InChI is InChI=1S/C38H50N8O8/c1-38(2,54)31-21-41-44-46(31)25-20-30(35(50)42-28(32(47)33(39)48)17-8-9-18-40-37(52)53)45(22-25)36(51)29(19-23-11-4-3-5-12-23)43-34(49)27-16-10-14-24-13-6-7-15-26(24)27/h6-7,10,13-16,21,23,25,28-30,40,54H,3-5,8-9,11-12,17-20,22H2,1-2H3,(H2,39,48)(H,42,50)(H,43,49)(H,52,53)/t25-,28?,29?,30-/m0/s1. The summed E-state index contributed by atoms with van der Waals surface area (Å²) in [4.78, 5) is 80.1. The number of hydrogen-bond donors (Lipinski definition) is 6. The van der Waals surface area contributed by atoms with Gasteiger partial charge < -0.3 is 36.8 Å². The largest absolute Gasteiger partial charge is 0.465 e. The molecule has 1 aliphatic heterocycles. The second-order valence-corrected chi connectivity index (χ2v) is 14.8. The van der Waals surface area contributed by atoms with Crippen LogP contribution < -0.4 is 21.7 Å². The number of carbonyl (C=O) groups excluding carboxylic acids is 5. The Labute approximate surface area is 313 Å². The van der Waals surface area contributed by atoms with E-state index in [-0.39, 0.29) is 38.3 Å². The average Bonchev–Trinajstić information content (AvgIpc) is 3.82. The van der Waals surface area contributed by atoms with Crippen LogP contribution in [0.1, 0.15) is 100 Å². The zero-order valence-electron chi connectivity index (χ0n) is 30.7. The van der Waals surface area contributed by atoms with Crippen LogP contribution in [0.4, 0.5) is 4.79 Å². The van der Waals surface area contributed by atoms with Crippen LogP contribution in [-0.4, -0.2) is 96.8 Å². The van der Waals surface area contributed by atoms with Crippen molar-refractivity contribution < 1.29 is 39.0 Å². The summed E-state index contributed by atoms with van der Waals surface area (Å²) in [5, 5.41) is 37.4. The van der Waals surface area contributed by atoms with E-state index in [0.29, 0.717) is 24.1 Å². The molecule has 1 saturated carbocycles. The van der Waals surface area contributed by atoms with Gasteiger partial charge in [-0.25, -0.2) is 9.48 Å². The van der Waals surface area contributed by atoms with Gasteiger partial charge in [-0.15, -0.1) is 5.10 Å². The smallest absolute Gasteiger partial charge is 0.404 e. The Morgan fingerprint density at radius 3 is 2.39 bits per heavy atom. The topological polar surface area (TPSA) is 239 Å². The number of rotatable bonds is 16. The number of carbonyl (C=O) groups is 6. The molecule has 2 heterocycles. The third-order valence-electron chi connectivity index (χ3n) is 10.4. The quantitative estimate of drug-likeness (QED) is 0.0925. The number of unbranched alkanes of at least 4 members (excludes halogenated alkanes) is 1. The fourth-order valence-corrected chi connectivity index (χ4v) is 7.65. The molecule has 16 heteroatoms. The summed E-state index contributed by atoms with van der Waals surface area (Å²) >= 11 is 0. The van der Waals surface area contributed by atoms with E-state index in [1.54, 1.807) is 26.0 Å². The van der Waals surface area contributed by atoms with E-state index in [2.05, 4.69) is 26.3 Å². The van der Waals surface area contributed by atoms with Gasteiger partial charge >= 0.3 is 6.09 Å². The molecule has 2 fully saturated rings. The first-order valence-electron chi connectivity index (χ1n) is 18.6. The third kappa shape index (κ3) is 9.78. The van der Waals surface area contributed by atoms with Crippen LogP contribution in [0.2, 0.25) is 0 Å². The van der Waals surface area contributed by atoms with Crippen LogP contribution in [-0.2, 0) is 24.8 Å². The molecular weight excluding hydrogens is 696 g/mol. The SMILES string of the molecule is CC(C)(O)c1cnnn1[C@H]1C[C@@H](C(=O)NC(CCCCNC(=O)O)C(=O)C(N)=O)N(C(=O)C(CC2CCCCC2)NC(=O)c2cccc3ccccc23)C1. The van der Waals surface area contributed by atoms with Gasteiger partial charge in [-0.1, -0.05) is 73.7 Å². The maximum atomic E-state index is 14.8. The first-order chi connectivity index (χ1) is 25.7. The fraction of sp³-hybridized carbons (Fsp3) is 0.526. The van der Waals surface area contributed by atoms with E-state index < -0.39 is 65.3 Å². The summed E-state index contributed by atoms with van der Waals surface area (Å²) in [6.45, 7) is 3.21. The monoisotopic (exact) mass is 746 g/mol. The Hall–Kier alpha value is -5.38. The molecule has 3 aromatic rings. The molecule has 1 aromatic heterocycles. The predicted molar refractivity (Wildman–Crippen MR) is 197 cm³/mol. The number of amides is 5. The minimum absolute atomic E-state index is 0.00374. The molecule has 7 N–H and O–H groups in total. The molecule has 5 amide bonds. The molecule has 2 aliphatic rings. The maximum Gasteiger partial charge on any atom is 0.404 e. The number of ketones is 1. The lowest BCUT2D eigenvalue weighted by atomic mass is 9.84. The molecule has 0 radical (unpaired) electrons. The van der Waals surface area contributed by atoms with Gasteiger partial charge in [-0.05, 0) is 62.3 Å². The summed E-state index contributed by atoms with van der Waals surface area (Å²) in [5.74, 6) is -3.74. The van der Waals surface area contributed by atoms with Crippen LogP contribution in [0.15, 0.2) is 48.7 Å². The number of primary amides is 1. The second kappa shape index (κ2) is 17.6. The van der Waals surface area contributed by atoms with Gasteiger partial charge in [0.15, 0.2) is 0 Å². The molecule has 1 aliphatic carbocycles. The van der Waals surface area contributed by atoms with Crippen molar-refractivity contribution in [3.8, 4) is 0 Å². The number of carboxylic acid groups (broad SMARTS) is 1. The van der Waals surface area contributed by atoms with Crippen LogP contribution in [0.5, 0.6) is 0 Å². The van der Waals surface area contributed by atoms with Gasteiger partial charge in [-0.3, -0.25) is 24.0 Å². The number of nitrogens with one attached hydrogen (secondary N) is 3. The Kier molecular flexibility index (Phi) is 13.0. The Bertz CT molecular complexity index is 1840. The third-order valence-corrected chi connectivity index (χ3v) is 10.4. The van der Waals surface area contributed by atoms with Crippen molar-refractivity contribution >= 4 is 46.3 Å². The van der Waals surface area contributed by atoms with Gasteiger partial charge in [-0.2, -0.15) is 0 Å². The van der Waals surface area contributed by atoms with Crippen LogP contribution in [0, 0.1) is 5.92 Å². The Balaban J connectivity index is 1.45. The molecule has 0 spiro atoms. The van der Waals surface area contributed by atoms with E-state index in [1.165, 1.54) is 15.8 Å². The Morgan fingerprint density at radius 2 is 1.69 bits per heavy atom. The maximum absolute atomic E-state index is 14.8. The minimum Gasteiger partial charge on any atom is -0.465 e. The van der Waals surface area contributed by atoms with Crippen molar-refractivity contribution in [1.82, 2.24) is 35.8 Å². The van der Waals surface area contributed by atoms with E-state index in [4.69, 9.17) is 10.8 Å². The number of likely N-dealkylation sites (tertiary alicyclic amines) is 1. The molecule has 16 nitrogen and oxygen atoms in total. The summed E-state index contributed by atoms with van der Waals surface area (Å²) in [7, 11) is 0. The van der Waals surface area contributed by atoms with Gasteiger partial charge in [0.1, 0.15) is 17.7 Å². The van der Waals surface area contributed by atoms with Crippen LogP contribution >= 0.6 is 0 Å². The summed E-state index contributed by atoms with van der Waals surface area (Å²) in [6.07, 6.45) is 6.09. The fourth-order valence-electron chi connectivity index (χ4n) is 7.65. The number of nitrogens with two attached hydrogens (primary N) is 1. The van der Waals surface area contributed by atoms with Gasteiger partial charge in [0.2, 0.25) is 17.6 Å². The number of aromatic nitrogens is 3.